The highest BCUT2D eigenvalue weighted by Gasteiger charge is 2.07. The van der Waals surface area contributed by atoms with Crippen molar-refractivity contribution < 1.29 is 9.53 Å². The van der Waals surface area contributed by atoms with Crippen molar-refractivity contribution in [1.82, 2.24) is 0 Å². The van der Waals surface area contributed by atoms with E-state index in [1.807, 2.05) is 38.1 Å². The largest absolute Gasteiger partial charge is 0.477 e. The molecule has 0 bridgehead atoms. The predicted octanol–water partition coefficient (Wildman–Crippen LogP) is 2.54. The summed E-state index contributed by atoms with van der Waals surface area (Å²) in [4.78, 5) is 15.0. The summed E-state index contributed by atoms with van der Waals surface area (Å²) in [6.45, 7) is 4.27. The summed E-state index contributed by atoms with van der Waals surface area (Å²) >= 11 is 5.40. The third kappa shape index (κ3) is 3.66. The maximum absolute atomic E-state index is 11.2. The number of aryl methyl sites for hydroxylation is 1. The molecule has 0 radical (unpaired) electrons. The number of halogens is 1. The van der Waals surface area contributed by atoms with Gasteiger partial charge < -0.3 is 4.74 Å². The summed E-state index contributed by atoms with van der Waals surface area (Å²) in [5.74, 6) is -0.203. The first-order valence-electron chi connectivity index (χ1n) is 5.04. The molecular weight excluding hydrogens is 226 g/mol. The fourth-order valence-electron chi connectivity index (χ4n) is 1.24. The monoisotopic (exact) mass is 239 g/mol. The molecule has 4 heteroatoms. The highest BCUT2D eigenvalue weighted by atomic mass is 35.5. The number of carbonyl (C=O) groups excluding carboxylic acids is 1. The Hall–Kier alpha value is -1.35. The van der Waals surface area contributed by atoms with Crippen LogP contribution in [0.3, 0.4) is 0 Å². The van der Waals surface area contributed by atoms with Gasteiger partial charge >= 0.3 is 0 Å². The molecule has 0 atom stereocenters. The van der Waals surface area contributed by atoms with E-state index < -0.39 is 5.91 Å². The lowest BCUT2D eigenvalue weighted by atomic mass is 10.1. The van der Waals surface area contributed by atoms with Crippen molar-refractivity contribution in [2.24, 2.45) is 4.99 Å². The first-order valence-corrected chi connectivity index (χ1v) is 5.58. The van der Waals surface area contributed by atoms with Gasteiger partial charge in [0.05, 0.1) is 6.61 Å². The maximum Gasteiger partial charge on any atom is 0.263 e. The minimum atomic E-state index is -0.397. The molecule has 0 fully saturated rings. The normalized spacial score (nSPS) is 11.3. The van der Waals surface area contributed by atoms with Crippen LogP contribution in [0.5, 0.6) is 0 Å². The molecule has 1 aromatic carbocycles. The van der Waals surface area contributed by atoms with Crippen LogP contribution in [0.25, 0.3) is 0 Å². The zero-order chi connectivity index (χ0) is 12.0. The van der Waals surface area contributed by atoms with Crippen molar-refractivity contribution in [3.05, 3.63) is 35.4 Å². The quantitative estimate of drug-likeness (QED) is 0.462. The van der Waals surface area contributed by atoms with E-state index in [0.717, 1.165) is 11.1 Å². The molecule has 0 N–H and O–H groups in total. The second-order valence-corrected chi connectivity index (χ2v) is 3.51. The molecule has 0 aromatic heterocycles. The van der Waals surface area contributed by atoms with Gasteiger partial charge in [-0.25, -0.2) is 0 Å². The first-order chi connectivity index (χ1) is 7.67. The molecule has 3 nitrogen and oxygen atoms in total. The average Bonchev–Trinajstić information content (AvgIpc) is 2.28. The Labute approximate surface area is 100 Å². The number of amides is 1. The van der Waals surface area contributed by atoms with Crippen LogP contribution in [0, 0.1) is 6.92 Å². The van der Waals surface area contributed by atoms with E-state index in [-0.39, 0.29) is 5.88 Å². The second kappa shape index (κ2) is 6.28. The molecule has 0 aliphatic rings. The highest BCUT2D eigenvalue weighted by Crippen LogP contribution is 2.07. The summed E-state index contributed by atoms with van der Waals surface area (Å²) < 4.78 is 5.33. The Kier molecular flexibility index (Phi) is 4.99. The number of hydrogen-bond acceptors (Lipinski definition) is 2. The second-order valence-electron chi connectivity index (χ2n) is 3.25. The summed E-state index contributed by atoms with van der Waals surface area (Å²) in [5, 5.41) is 0. The van der Waals surface area contributed by atoms with Gasteiger partial charge in [0.1, 0.15) is 5.88 Å². The SMILES string of the molecule is CCOC(=NC(=O)CCl)c1cccc(C)c1. The summed E-state index contributed by atoms with van der Waals surface area (Å²) in [7, 11) is 0. The maximum atomic E-state index is 11.2. The summed E-state index contributed by atoms with van der Waals surface area (Å²) in [6.07, 6.45) is 0. The van der Waals surface area contributed by atoms with Crippen LogP contribution in [0.4, 0.5) is 0 Å². The number of hydrogen-bond donors (Lipinski definition) is 0. The van der Waals surface area contributed by atoms with Gasteiger partial charge in [0.25, 0.3) is 5.91 Å². The van der Waals surface area contributed by atoms with Crippen LogP contribution < -0.4 is 0 Å². The van der Waals surface area contributed by atoms with Crippen LogP contribution in [0.2, 0.25) is 0 Å². The number of ether oxygens (including phenoxy) is 1. The smallest absolute Gasteiger partial charge is 0.263 e. The molecule has 0 spiro atoms. The van der Waals surface area contributed by atoms with E-state index in [1.165, 1.54) is 0 Å². The Bertz CT molecular complexity index is 402. The third-order valence-corrected chi connectivity index (χ3v) is 2.12. The van der Waals surface area contributed by atoms with E-state index in [0.29, 0.717) is 12.5 Å². The van der Waals surface area contributed by atoms with Gasteiger partial charge in [-0.15, -0.1) is 11.6 Å². The Morgan fingerprint density at radius 2 is 2.25 bits per heavy atom. The molecule has 0 saturated heterocycles. The number of carbonyl (C=O) groups is 1. The van der Waals surface area contributed by atoms with Crippen LogP contribution in [0.15, 0.2) is 29.3 Å². The minimum absolute atomic E-state index is 0.137. The van der Waals surface area contributed by atoms with E-state index in [1.54, 1.807) is 0 Å². The topological polar surface area (TPSA) is 38.7 Å². The molecule has 1 aromatic rings. The van der Waals surface area contributed by atoms with E-state index in [9.17, 15) is 4.79 Å². The molecule has 0 aliphatic heterocycles. The molecule has 16 heavy (non-hydrogen) atoms. The molecule has 0 aliphatic carbocycles. The number of benzene rings is 1. The lowest BCUT2D eigenvalue weighted by molar-refractivity contribution is -0.115. The number of aliphatic imine (C=N–C) groups is 1. The number of rotatable bonds is 3. The van der Waals surface area contributed by atoms with Crippen LogP contribution >= 0.6 is 11.6 Å². The Balaban J connectivity index is 3.02. The lowest BCUT2D eigenvalue weighted by Crippen LogP contribution is -2.10. The zero-order valence-electron chi connectivity index (χ0n) is 9.37. The standard InChI is InChI=1S/C12H14ClNO2/c1-3-16-12(14-11(15)8-13)10-6-4-5-9(2)7-10/h4-7H,3,8H2,1-2H3. The fourth-order valence-corrected chi connectivity index (χ4v) is 1.30. The number of alkyl halides is 1. The van der Waals surface area contributed by atoms with Crippen molar-refractivity contribution in [3.63, 3.8) is 0 Å². The van der Waals surface area contributed by atoms with Gasteiger partial charge in [0.2, 0.25) is 5.90 Å². The molecule has 0 saturated carbocycles. The summed E-state index contributed by atoms with van der Waals surface area (Å²) in [5.41, 5.74) is 1.88. The molecular formula is C12H14ClNO2. The van der Waals surface area contributed by atoms with Crippen LogP contribution in [0.1, 0.15) is 18.1 Å². The molecule has 1 rings (SSSR count). The van der Waals surface area contributed by atoms with E-state index in [4.69, 9.17) is 16.3 Å². The van der Waals surface area contributed by atoms with E-state index in [2.05, 4.69) is 4.99 Å². The van der Waals surface area contributed by atoms with Gasteiger partial charge in [-0.1, -0.05) is 17.7 Å². The molecule has 1 amide bonds. The van der Waals surface area contributed by atoms with Crippen molar-refractivity contribution in [2.75, 3.05) is 12.5 Å². The van der Waals surface area contributed by atoms with Crippen LogP contribution in [-0.4, -0.2) is 24.3 Å². The predicted molar refractivity (Wildman–Crippen MR) is 65.1 cm³/mol. The van der Waals surface area contributed by atoms with Crippen molar-refractivity contribution in [2.45, 2.75) is 13.8 Å². The van der Waals surface area contributed by atoms with Crippen LogP contribution in [-0.2, 0) is 9.53 Å². The highest BCUT2D eigenvalue weighted by molar-refractivity contribution is 6.28. The van der Waals surface area contributed by atoms with Gasteiger partial charge in [-0.3, -0.25) is 4.79 Å². The fraction of sp³-hybridized carbons (Fsp3) is 0.333. The number of nitrogens with zero attached hydrogens (tertiary/aromatic N) is 1. The summed E-state index contributed by atoms with van der Waals surface area (Å²) in [6, 6.07) is 7.62. The average molecular weight is 240 g/mol. The van der Waals surface area contributed by atoms with Gasteiger partial charge in [0, 0.05) is 5.56 Å². The molecule has 0 heterocycles. The van der Waals surface area contributed by atoms with Gasteiger partial charge in [-0.05, 0) is 26.0 Å². The van der Waals surface area contributed by atoms with Crippen molar-refractivity contribution >= 4 is 23.4 Å². The van der Waals surface area contributed by atoms with Gasteiger partial charge in [-0.2, -0.15) is 4.99 Å². The van der Waals surface area contributed by atoms with E-state index >= 15 is 0 Å². The third-order valence-electron chi connectivity index (χ3n) is 1.89. The minimum Gasteiger partial charge on any atom is -0.477 e. The van der Waals surface area contributed by atoms with Crippen molar-refractivity contribution in [1.29, 1.82) is 0 Å². The molecule has 0 unspecified atom stereocenters. The van der Waals surface area contributed by atoms with Crippen molar-refractivity contribution in [3.8, 4) is 0 Å². The Morgan fingerprint density at radius 3 is 2.81 bits per heavy atom. The lowest BCUT2D eigenvalue weighted by Gasteiger charge is -2.07. The zero-order valence-corrected chi connectivity index (χ0v) is 10.1. The van der Waals surface area contributed by atoms with Gasteiger partial charge in [0.15, 0.2) is 0 Å². The first kappa shape index (κ1) is 12.7. The Morgan fingerprint density at radius 1 is 1.50 bits per heavy atom. The molecule has 86 valence electrons.